The molecule has 4 heteroatoms. The van der Waals surface area contributed by atoms with Gasteiger partial charge in [0.2, 0.25) is 0 Å². The Kier molecular flexibility index (Phi) is 2.89. The van der Waals surface area contributed by atoms with Crippen molar-refractivity contribution in [3.63, 3.8) is 0 Å². The van der Waals surface area contributed by atoms with Crippen molar-refractivity contribution in [3.8, 4) is 0 Å². The Hall–Kier alpha value is -0.260. The van der Waals surface area contributed by atoms with E-state index in [1.54, 1.807) is 36.4 Å². The summed E-state index contributed by atoms with van der Waals surface area (Å²) in [4.78, 5) is 0. The van der Waals surface area contributed by atoms with Crippen LogP contribution in [0.15, 0.2) is 12.1 Å². The van der Waals surface area contributed by atoms with Crippen molar-refractivity contribution in [2.45, 2.75) is 20.0 Å². The molecule has 0 aliphatic rings. The number of rotatable bonds is 0. The van der Waals surface area contributed by atoms with Crippen LogP contribution in [-0.4, -0.2) is 0 Å². The van der Waals surface area contributed by atoms with E-state index in [0.717, 1.165) is 11.6 Å². The van der Waals surface area contributed by atoms with Gasteiger partial charge in [-0.25, -0.2) is 0 Å². The molecule has 1 rings (SSSR count). The molecule has 0 unspecified atom stereocenters. The Morgan fingerprint density at radius 2 is 1.69 bits per heavy atom. The summed E-state index contributed by atoms with van der Waals surface area (Å²) >= 11 is 1.74. The average molecular weight is 300 g/mol. The van der Waals surface area contributed by atoms with Gasteiger partial charge in [-0.05, 0) is 53.6 Å². The minimum absolute atomic E-state index is 0.296. The first-order valence-electron chi connectivity index (χ1n) is 3.67. The Morgan fingerprint density at radius 1 is 1.15 bits per heavy atom. The summed E-state index contributed by atoms with van der Waals surface area (Å²) < 4.78 is 37.4. The molecule has 0 saturated carbocycles. The number of halogens is 4. The van der Waals surface area contributed by atoms with Crippen molar-refractivity contribution in [2.75, 3.05) is 0 Å². The first-order valence-corrected chi connectivity index (χ1v) is 4.75. The fourth-order valence-electron chi connectivity index (χ4n) is 1.00. The lowest BCUT2D eigenvalue weighted by atomic mass is 10.1. The number of alkyl halides is 3. The third kappa shape index (κ3) is 2.15. The van der Waals surface area contributed by atoms with Crippen LogP contribution in [0.5, 0.6) is 0 Å². The van der Waals surface area contributed by atoms with Crippen molar-refractivity contribution < 1.29 is 13.2 Å². The first kappa shape index (κ1) is 10.8. The summed E-state index contributed by atoms with van der Waals surface area (Å²) in [5.41, 5.74) is 1.05. The fraction of sp³-hybridized carbons (Fsp3) is 0.333. The molecule has 0 nitrogen and oxygen atoms in total. The zero-order chi connectivity index (χ0) is 10.2. The topological polar surface area (TPSA) is 0 Å². The van der Waals surface area contributed by atoms with E-state index < -0.39 is 11.7 Å². The van der Waals surface area contributed by atoms with E-state index in [1.165, 1.54) is 6.07 Å². The highest BCUT2D eigenvalue weighted by molar-refractivity contribution is 14.1. The predicted octanol–water partition coefficient (Wildman–Crippen LogP) is 3.93. The Bertz CT molecular complexity index is 328. The van der Waals surface area contributed by atoms with Crippen LogP contribution in [0.2, 0.25) is 0 Å². The minimum atomic E-state index is -4.24. The summed E-state index contributed by atoms with van der Waals surface area (Å²) in [6.07, 6.45) is -4.24. The molecule has 0 saturated heterocycles. The van der Waals surface area contributed by atoms with Crippen molar-refractivity contribution in [1.29, 1.82) is 0 Å². The van der Waals surface area contributed by atoms with Crippen LogP contribution in [0.1, 0.15) is 16.7 Å². The summed E-state index contributed by atoms with van der Waals surface area (Å²) in [6.45, 7) is 3.50. The van der Waals surface area contributed by atoms with Crippen LogP contribution in [-0.2, 0) is 6.18 Å². The maximum atomic E-state index is 12.4. The Morgan fingerprint density at radius 3 is 2.15 bits per heavy atom. The van der Waals surface area contributed by atoms with Gasteiger partial charge >= 0.3 is 6.18 Å². The number of aryl methyl sites for hydroxylation is 1. The second kappa shape index (κ2) is 3.48. The normalized spacial score (nSPS) is 11.8. The van der Waals surface area contributed by atoms with Gasteiger partial charge in [-0.1, -0.05) is 6.07 Å². The van der Waals surface area contributed by atoms with Crippen LogP contribution in [0.25, 0.3) is 0 Å². The molecule has 13 heavy (non-hydrogen) atoms. The highest BCUT2D eigenvalue weighted by Gasteiger charge is 2.33. The van der Waals surface area contributed by atoms with Crippen molar-refractivity contribution >= 4 is 22.6 Å². The molecule has 0 aliphatic carbocycles. The Labute approximate surface area is 88.3 Å². The fourth-order valence-corrected chi connectivity index (χ4v) is 1.91. The maximum absolute atomic E-state index is 12.4. The van der Waals surface area contributed by atoms with Crippen LogP contribution in [0, 0.1) is 17.4 Å². The van der Waals surface area contributed by atoms with Gasteiger partial charge in [-0.2, -0.15) is 13.2 Å². The monoisotopic (exact) mass is 300 g/mol. The van der Waals surface area contributed by atoms with Gasteiger partial charge in [0, 0.05) is 3.57 Å². The van der Waals surface area contributed by atoms with Crippen molar-refractivity contribution in [2.24, 2.45) is 0 Å². The van der Waals surface area contributed by atoms with Gasteiger partial charge in [-0.15, -0.1) is 0 Å². The molecule has 0 amide bonds. The van der Waals surface area contributed by atoms with E-state index in [0.29, 0.717) is 9.13 Å². The molecule has 0 aliphatic heterocycles. The molecule has 0 fully saturated rings. The summed E-state index contributed by atoms with van der Waals surface area (Å²) in [5.74, 6) is 0. The molecule has 0 bridgehead atoms. The van der Waals surface area contributed by atoms with Crippen LogP contribution in [0.4, 0.5) is 13.2 Å². The van der Waals surface area contributed by atoms with E-state index in [2.05, 4.69) is 0 Å². The largest absolute Gasteiger partial charge is 0.417 e. The van der Waals surface area contributed by atoms with Crippen molar-refractivity contribution in [1.82, 2.24) is 0 Å². The average Bonchev–Trinajstić information content (AvgIpc) is 1.98. The lowest BCUT2D eigenvalue weighted by Crippen LogP contribution is -2.08. The second-order valence-electron chi connectivity index (χ2n) is 2.87. The number of hydrogen-bond donors (Lipinski definition) is 0. The van der Waals surface area contributed by atoms with Gasteiger partial charge in [0.15, 0.2) is 0 Å². The molecule has 0 N–H and O–H groups in total. The second-order valence-corrected chi connectivity index (χ2v) is 3.95. The van der Waals surface area contributed by atoms with Crippen LogP contribution in [0.3, 0.4) is 0 Å². The zero-order valence-electron chi connectivity index (χ0n) is 7.17. The summed E-state index contributed by atoms with van der Waals surface area (Å²) in [5, 5.41) is 0. The minimum Gasteiger partial charge on any atom is -0.166 e. The van der Waals surface area contributed by atoms with Gasteiger partial charge in [0.25, 0.3) is 0 Å². The quantitative estimate of drug-likeness (QED) is 0.637. The number of hydrogen-bond acceptors (Lipinski definition) is 0. The lowest BCUT2D eigenvalue weighted by molar-refractivity contribution is -0.138. The first-order chi connectivity index (χ1) is 5.84. The van der Waals surface area contributed by atoms with Crippen LogP contribution >= 0.6 is 22.6 Å². The molecular weight excluding hydrogens is 292 g/mol. The SMILES string of the molecule is Cc1ccc(C(F)(F)F)c(I)c1C. The van der Waals surface area contributed by atoms with E-state index in [1.807, 2.05) is 0 Å². The molecule has 1 aromatic carbocycles. The third-order valence-electron chi connectivity index (χ3n) is 1.96. The summed E-state index contributed by atoms with van der Waals surface area (Å²) in [7, 11) is 0. The third-order valence-corrected chi connectivity index (χ3v) is 3.35. The van der Waals surface area contributed by atoms with E-state index in [-0.39, 0.29) is 0 Å². The molecule has 0 spiro atoms. The van der Waals surface area contributed by atoms with E-state index in [9.17, 15) is 13.2 Å². The van der Waals surface area contributed by atoms with Crippen LogP contribution < -0.4 is 0 Å². The molecule has 1 aromatic rings. The molecule has 0 aromatic heterocycles. The standard InChI is InChI=1S/C9H8F3I/c1-5-3-4-7(9(10,11)12)8(13)6(5)2/h3-4H,1-2H3. The van der Waals surface area contributed by atoms with E-state index in [4.69, 9.17) is 0 Å². The molecule has 72 valence electrons. The molecule has 0 radical (unpaired) electrons. The van der Waals surface area contributed by atoms with Gasteiger partial charge < -0.3 is 0 Å². The summed E-state index contributed by atoms with van der Waals surface area (Å²) in [6, 6.07) is 2.63. The molecular formula is C9H8F3I. The van der Waals surface area contributed by atoms with Gasteiger partial charge in [0.1, 0.15) is 0 Å². The van der Waals surface area contributed by atoms with Gasteiger partial charge in [0.05, 0.1) is 5.56 Å². The maximum Gasteiger partial charge on any atom is 0.417 e. The van der Waals surface area contributed by atoms with Crippen molar-refractivity contribution in [3.05, 3.63) is 32.4 Å². The van der Waals surface area contributed by atoms with E-state index >= 15 is 0 Å². The predicted molar refractivity (Wildman–Crippen MR) is 53.6 cm³/mol. The highest BCUT2D eigenvalue weighted by atomic mass is 127. The highest BCUT2D eigenvalue weighted by Crippen LogP contribution is 2.34. The van der Waals surface area contributed by atoms with Gasteiger partial charge in [-0.3, -0.25) is 0 Å². The lowest BCUT2D eigenvalue weighted by Gasteiger charge is -2.12. The molecule has 0 heterocycles. The molecule has 0 atom stereocenters. The number of benzene rings is 1. The smallest absolute Gasteiger partial charge is 0.166 e. The Balaban J connectivity index is 3.35. The zero-order valence-corrected chi connectivity index (χ0v) is 9.32.